The molecule has 0 aliphatic carbocycles. The minimum absolute atomic E-state index is 0.0307. The molecule has 0 unspecified atom stereocenters. The first kappa shape index (κ1) is 104. The molecular weight excluding hydrogens is 1870 g/mol. The SMILES string of the molecule is CCOC(=O)c1cc(-c2ccn[nH]c2=O)cnc1C.CCOC(=O)c1cc(-c2ccnnc2Cl)cnc1C.CCOC(=O)c1cc(-c2ccnnc2NN)cnc1C.CCOC(=O)c1cc(B(O)O)cnc1C.Cc1ncc(-c2ccnn3c(-c4cccc(F)c4F)nnc23)cc1C(=O)Nc1ccc(F)cc1.O=C(Cl)c1cccc(F)c1F.O=P(Cl)(Cl)Cl.O=c1[nH]nccc1Cl. The van der Waals surface area contributed by atoms with Crippen LogP contribution >= 0.6 is 73.7 Å². The summed E-state index contributed by atoms with van der Waals surface area (Å²) in [5.74, 6) is -1.08. The number of fused-ring (bicyclic) bond motifs is 1. The molecule has 0 atom stereocenters. The molecule has 48 heteroatoms. The number of nitrogens with zero attached hydrogens (tertiary/aromatic N) is 15. The van der Waals surface area contributed by atoms with Crippen molar-refractivity contribution in [3.63, 3.8) is 0 Å². The van der Waals surface area contributed by atoms with Gasteiger partial charge in [0, 0.05) is 99.7 Å². The number of H-pyrrole nitrogens is 2. The Kier molecular flexibility index (Phi) is 40.5. The van der Waals surface area contributed by atoms with Gasteiger partial charge in [0.15, 0.2) is 45.7 Å². The van der Waals surface area contributed by atoms with Crippen molar-refractivity contribution in [1.29, 1.82) is 0 Å². The summed E-state index contributed by atoms with van der Waals surface area (Å²) in [7, 11) is -1.63. The highest BCUT2D eigenvalue weighted by Gasteiger charge is 2.24. The highest BCUT2D eigenvalue weighted by atomic mass is 36.0. The average Bonchev–Trinajstić information content (AvgIpc) is 1.63. The fourth-order valence-electron chi connectivity index (χ4n) is 10.7. The van der Waals surface area contributed by atoms with Crippen molar-refractivity contribution in [2.45, 2.75) is 62.3 Å². The average molecular weight is 1940 g/mol. The van der Waals surface area contributed by atoms with E-state index in [2.05, 4.69) is 125 Å². The van der Waals surface area contributed by atoms with Gasteiger partial charge in [0.2, 0.25) is 0 Å². The molecule has 0 saturated heterocycles. The lowest BCUT2D eigenvalue weighted by molar-refractivity contribution is 0.0515. The quantitative estimate of drug-likeness (QED) is 0.00613. The second kappa shape index (κ2) is 50.9. The summed E-state index contributed by atoms with van der Waals surface area (Å²) >= 11 is 30.1. The van der Waals surface area contributed by atoms with Crippen LogP contribution in [0.15, 0.2) is 193 Å². The van der Waals surface area contributed by atoms with Crippen LogP contribution in [-0.2, 0) is 23.5 Å². The molecule has 0 aliphatic heterocycles. The zero-order valence-electron chi connectivity index (χ0n) is 69.8. The Hall–Kier alpha value is -13.7. The van der Waals surface area contributed by atoms with Gasteiger partial charge in [-0.2, -0.15) is 30.0 Å². The second-order valence-electron chi connectivity index (χ2n) is 25.6. The summed E-state index contributed by atoms with van der Waals surface area (Å²) in [5, 5.41) is 55.7. The summed E-state index contributed by atoms with van der Waals surface area (Å²) in [6.07, 6.45) is 15.1. The lowest BCUT2D eigenvalue weighted by Gasteiger charge is -2.10. The molecule has 0 fully saturated rings. The number of aromatic amines is 2. The van der Waals surface area contributed by atoms with E-state index in [-0.39, 0.29) is 56.0 Å². The van der Waals surface area contributed by atoms with Gasteiger partial charge < -0.3 is 39.7 Å². The normalized spacial score (nSPS) is 10.3. The minimum Gasteiger partial charge on any atom is -0.462 e. The van der Waals surface area contributed by atoms with Crippen LogP contribution in [0.5, 0.6) is 0 Å². The number of benzene rings is 3. The van der Waals surface area contributed by atoms with E-state index in [9.17, 15) is 64.9 Å². The summed E-state index contributed by atoms with van der Waals surface area (Å²) in [6, 6.07) is 28.5. The van der Waals surface area contributed by atoms with E-state index in [1.807, 2.05) is 0 Å². The first-order valence-corrected chi connectivity index (χ1v) is 43.3. The third kappa shape index (κ3) is 30.7. The van der Waals surface area contributed by atoms with Crippen molar-refractivity contribution in [1.82, 2.24) is 85.5 Å². The predicted octanol–water partition coefficient (Wildman–Crippen LogP) is 15.0. The van der Waals surface area contributed by atoms with Gasteiger partial charge in [-0.3, -0.25) is 48.7 Å². The molecule has 14 aromatic rings. The fraction of sp³-hybridized carbons (Fsp3) is 0.157. The third-order valence-corrected chi connectivity index (χ3v) is 17.7. The van der Waals surface area contributed by atoms with Gasteiger partial charge in [0.1, 0.15) is 10.8 Å². The van der Waals surface area contributed by atoms with Crippen LogP contribution in [0.2, 0.25) is 10.2 Å². The molecular formula is C83H73BCl6F5N20O15P. The Morgan fingerprint density at radius 1 is 0.489 bits per heavy atom. The zero-order chi connectivity index (χ0) is 96.3. The Labute approximate surface area is 769 Å². The number of carbonyl (C=O) groups excluding carboxylic acids is 6. The van der Waals surface area contributed by atoms with Crippen LogP contribution in [0.1, 0.15) is 118 Å². The van der Waals surface area contributed by atoms with E-state index in [0.717, 1.165) is 18.2 Å². The summed E-state index contributed by atoms with van der Waals surface area (Å²) < 4.78 is 96.7. The van der Waals surface area contributed by atoms with E-state index >= 15 is 0 Å². The minimum atomic E-state index is -3.22. The number of nitrogen functional groups attached to an aromatic ring is 1. The number of pyridine rings is 5. The summed E-state index contributed by atoms with van der Waals surface area (Å²) in [4.78, 5) is 113. The van der Waals surface area contributed by atoms with Gasteiger partial charge in [-0.05, 0) is 217 Å². The number of aromatic nitrogens is 17. The number of hydrazine groups is 1. The molecule has 11 heterocycles. The van der Waals surface area contributed by atoms with Crippen molar-refractivity contribution in [2.75, 3.05) is 37.2 Å². The number of esters is 4. The van der Waals surface area contributed by atoms with Crippen LogP contribution in [0, 0.1) is 63.7 Å². The second-order valence-corrected chi connectivity index (χ2v) is 33.4. The molecule has 14 rings (SSSR count). The number of ether oxygens (including phenoxy) is 4. The standard InChI is InChI=1S/C24H15F3N6O.C13H12ClN3O2.C13H15N5O2.C13H13N3O3.C9H12BNO4.C7H3ClF2O.C4H3ClN2O.Cl3OP/c1-13-19(24(34)30-16-7-5-15(25)6-8-16)11-14(12-28-13)17-9-10-29-33-22(17)31-32-23(33)18-3-2-4-20(26)21(18)27;1-3-19-13(18)11-6-9(7-15-8(11)2)10-4-5-16-17-12(10)14;1-3-20-13(19)11-6-9(7-15-8(11)2)10-4-5-16-18-12(10)17-14;1-3-19-13(18)11-6-9(7-14-8(11)2)10-4-5-15-16-12(10)17;1-3-15-9(12)8-4-7(10(13)14)5-11-6(8)2;8-7(11)4-2-1-3-5(9)6(4)10;5-3-1-2-6-7-4(3)8;1-5(2,3)4/h2-12H,1H3,(H,30,34);4-7H,3H2,1-2H3;4-7H,3,14H2,1-2H3,(H,17,18);4-7H,3H2,1-2H3,(H,16,17);4-5,13-14H,3H2,1-2H3;1-3H;1-2H,(H,7,8);. The highest BCUT2D eigenvalue weighted by Crippen LogP contribution is 2.61. The Morgan fingerprint density at radius 3 is 1.38 bits per heavy atom. The summed E-state index contributed by atoms with van der Waals surface area (Å²) in [6.45, 7) is 16.7. The predicted molar refractivity (Wildman–Crippen MR) is 478 cm³/mol. The van der Waals surface area contributed by atoms with Crippen LogP contribution in [-0.4, -0.2) is 164 Å². The number of nitrogens with one attached hydrogen (secondary N) is 4. The smallest absolute Gasteiger partial charge is 0.462 e. The maximum atomic E-state index is 14.3. The number of aryl methyl sites for hydroxylation is 5. The molecule has 0 saturated carbocycles. The van der Waals surface area contributed by atoms with Crippen LogP contribution < -0.4 is 33.2 Å². The maximum absolute atomic E-state index is 14.3. The molecule has 0 bridgehead atoms. The van der Waals surface area contributed by atoms with Gasteiger partial charge in [-0.1, -0.05) is 35.3 Å². The summed E-state index contributed by atoms with van der Waals surface area (Å²) in [5.41, 5.74) is 11.5. The van der Waals surface area contributed by atoms with E-state index in [1.165, 1.54) is 90.1 Å². The number of hydrogen-bond donors (Lipinski definition) is 7. The zero-order valence-corrected chi connectivity index (χ0v) is 75.2. The lowest BCUT2D eigenvalue weighted by atomic mass is 9.81. The number of anilines is 2. The lowest BCUT2D eigenvalue weighted by Crippen LogP contribution is -2.31. The van der Waals surface area contributed by atoms with Gasteiger partial charge >= 0.3 is 36.2 Å². The molecule has 131 heavy (non-hydrogen) atoms. The molecule has 35 nitrogen and oxygen atoms in total. The molecule has 1 amide bonds. The van der Waals surface area contributed by atoms with Crippen molar-refractivity contribution in [3.8, 4) is 55.9 Å². The molecule has 11 aromatic heterocycles. The number of rotatable bonds is 18. The van der Waals surface area contributed by atoms with Crippen LogP contribution in [0.4, 0.5) is 33.5 Å². The van der Waals surface area contributed by atoms with Crippen molar-refractivity contribution in [3.05, 3.63) is 305 Å². The Morgan fingerprint density at radius 2 is 0.916 bits per heavy atom. The van der Waals surface area contributed by atoms with Crippen LogP contribution in [0.25, 0.3) is 61.5 Å². The Bertz CT molecular complexity index is 6580. The first-order chi connectivity index (χ1) is 62.3. The first-order valence-electron chi connectivity index (χ1n) is 37.8. The molecule has 0 spiro atoms. The highest BCUT2D eigenvalue weighted by molar-refractivity contribution is 8.24. The molecule has 0 aliphatic rings. The fourth-order valence-corrected chi connectivity index (χ4v) is 11.1. The van der Waals surface area contributed by atoms with Gasteiger partial charge in [-0.25, -0.2) is 57.2 Å². The number of hydrogen-bond acceptors (Lipinski definition) is 31. The van der Waals surface area contributed by atoms with Crippen LogP contribution in [0.3, 0.4) is 0 Å². The van der Waals surface area contributed by atoms with Gasteiger partial charge in [0.05, 0.1) is 112 Å². The maximum Gasteiger partial charge on any atom is 0.490 e. The molecule has 680 valence electrons. The topological polar surface area (TPSA) is 498 Å². The van der Waals surface area contributed by atoms with Gasteiger partial charge in [-0.15, -0.1) is 20.4 Å². The number of carbonyl (C=O) groups is 6. The van der Waals surface area contributed by atoms with Crippen molar-refractivity contribution in [2.24, 2.45) is 5.84 Å². The van der Waals surface area contributed by atoms with E-state index in [4.69, 9.17) is 69.6 Å². The number of amides is 1. The molecule has 8 N–H and O–H groups in total. The molecule has 3 aromatic carbocycles. The number of nitrogens with two attached hydrogens (primary N) is 1. The van der Waals surface area contributed by atoms with E-state index in [0.29, 0.717) is 127 Å². The third-order valence-electron chi connectivity index (χ3n) is 16.9. The largest absolute Gasteiger partial charge is 0.490 e. The van der Waals surface area contributed by atoms with Gasteiger partial charge in [0.25, 0.3) is 22.3 Å². The number of halogens is 11. The van der Waals surface area contributed by atoms with E-state index in [1.54, 1.807) is 142 Å². The van der Waals surface area contributed by atoms with Crippen molar-refractivity contribution < 1.29 is 84.3 Å². The molecule has 0 radical (unpaired) electrons. The Balaban J connectivity index is 0.000000215. The monoisotopic (exact) mass is 1940 g/mol. The van der Waals surface area contributed by atoms with Crippen molar-refractivity contribution >= 4 is 138 Å². The van der Waals surface area contributed by atoms with E-state index < -0.39 is 82.0 Å².